The summed E-state index contributed by atoms with van der Waals surface area (Å²) in [5, 5.41) is 3.18. The fourth-order valence-corrected chi connectivity index (χ4v) is 2.95. The minimum atomic E-state index is -0.224. The van der Waals surface area contributed by atoms with E-state index in [1.807, 2.05) is 30.3 Å². The monoisotopic (exact) mass is 260 g/mol. The fraction of sp³-hybridized carbons (Fsp3) is 0.562. The lowest BCUT2D eigenvalue weighted by Crippen LogP contribution is -2.42. The largest absolute Gasteiger partial charge is 0.353 e. The molecule has 3 atom stereocenters. The Morgan fingerprint density at radius 2 is 2.11 bits per heavy atom. The summed E-state index contributed by atoms with van der Waals surface area (Å²) in [6, 6.07) is 10.1. The van der Waals surface area contributed by atoms with E-state index in [4.69, 9.17) is 5.73 Å². The summed E-state index contributed by atoms with van der Waals surface area (Å²) in [6.45, 7) is 2.62. The minimum absolute atomic E-state index is 0.0767. The molecule has 104 valence electrons. The van der Waals surface area contributed by atoms with Crippen LogP contribution < -0.4 is 11.1 Å². The van der Waals surface area contributed by atoms with Crippen LogP contribution in [0.1, 0.15) is 44.1 Å². The second kappa shape index (κ2) is 6.71. The molecule has 1 fully saturated rings. The zero-order valence-electron chi connectivity index (χ0n) is 11.6. The first-order valence-corrected chi connectivity index (χ1v) is 7.26. The van der Waals surface area contributed by atoms with E-state index in [1.165, 1.54) is 12.8 Å². The van der Waals surface area contributed by atoms with Crippen LogP contribution in [0.4, 0.5) is 0 Å². The molecular formula is C16H24N2O. The number of amides is 1. The van der Waals surface area contributed by atoms with Gasteiger partial charge in [-0.2, -0.15) is 0 Å². The smallest absolute Gasteiger partial charge is 0.229 e. The molecule has 0 bridgehead atoms. The highest BCUT2D eigenvalue weighted by molar-refractivity contribution is 5.84. The van der Waals surface area contributed by atoms with Crippen molar-refractivity contribution in [2.24, 2.45) is 11.7 Å². The zero-order chi connectivity index (χ0) is 13.7. The topological polar surface area (TPSA) is 55.1 Å². The van der Waals surface area contributed by atoms with Crippen LogP contribution in [0.3, 0.4) is 0 Å². The molecule has 1 saturated carbocycles. The summed E-state index contributed by atoms with van der Waals surface area (Å²) in [5.41, 5.74) is 6.78. The van der Waals surface area contributed by atoms with Crippen molar-refractivity contribution in [1.29, 1.82) is 0 Å². The van der Waals surface area contributed by atoms with E-state index in [0.717, 1.165) is 18.4 Å². The van der Waals surface area contributed by atoms with Crippen molar-refractivity contribution >= 4 is 5.91 Å². The number of carbonyl (C=O) groups is 1. The summed E-state index contributed by atoms with van der Waals surface area (Å²) in [7, 11) is 0. The Kier molecular flexibility index (Phi) is 4.97. The Balaban J connectivity index is 1.97. The Hall–Kier alpha value is -1.35. The highest BCUT2D eigenvalue weighted by Crippen LogP contribution is 2.24. The molecule has 0 saturated heterocycles. The van der Waals surface area contributed by atoms with Crippen LogP contribution in [0, 0.1) is 5.92 Å². The molecular weight excluding hydrogens is 236 g/mol. The van der Waals surface area contributed by atoms with E-state index >= 15 is 0 Å². The molecule has 3 heteroatoms. The fourth-order valence-electron chi connectivity index (χ4n) is 2.95. The van der Waals surface area contributed by atoms with E-state index < -0.39 is 0 Å². The zero-order valence-corrected chi connectivity index (χ0v) is 11.6. The summed E-state index contributed by atoms with van der Waals surface area (Å²) in [4.78, 5) is 12.4. The van der Waals surface area contributed by atoms with Crippen molar-refractivity contribution in [1.82, 2.24) is 5.32 Å². The molecule has 1 aliphatic rings. The molecule has 3 nitrogen and oxygen atoms in total. The van der Waals surface area contributed by atoms with Crippen LogP contribution >= 0.6 is 0 Å². The lowest BCUT2D eigenvalue weighted by atomic mass is 9.86. The molecule has 0 aromatic heterocycles. The third-order valence-corrected chi connectivity index (χ3v) is 4.04. The number of nitrogens with two attached hydrogens (primary N) is 1. The normalized spacial score (nSPS) is 24.7. The average Bonchev–Trinajstić information content (AvgIpc) is 2.41. The average molecular weight is 260 g/mol. The predicted octanol–water partition coefficient (Wildman–Crippen LogP) is 2.42. The van der Waals surface area contributed by atoms with Gasteiger partial charge in [0, 0.05) is 12.6 Å². The third-order valence-electron chi connectivity index (χ3n) is 4.04. The van der Waals surface area contributed by atoms with Gasteiger partial charge in [0.2, 0.25) is 5.91 Å². The van der Waals surface area contributed by atoms with Crippen LogP contribution in [0.5, 0.6) is 0 Å². The van der Waals surface area contributed by atoms with Gasteiger partial charge in [-0.25, -0.2) is 0 Å². The van der Waals surface area contributed by atoms with E-state index in [9.17, 15) is 4.79 Å². The number of carbonyl (C=O) groups excluding carboxylic acids is 1. The predicted molar refractivity (Wildman–Crippen MR) is 77.8 cm³/mol. The lowest BCUT2D eigenvalue weighted by molar-refractivity contribution is -0.123. The molecule has 0 spiro atoms. The second-order valence-electron chi connectivity index (χ2n) is 5.68. The van der Waals surface area contributed by atoms with Gasteiger partial charge in [0.05, 0.1) is 5.92 Å². The molecule has 1 aliphatic carbocycles. The molecule has 3 N–H and O–H groups in total. The van der Waals surface area contributed by atoms with Gasteiger partial charge in [0.25, 0.3) is 0 Å². The first-order valence-electron chi connectivity index (χ1n) is 7.26. The van der Waals surface area contributed by atoms with Crippen molar-refractivity contribution in [3.63, 3.8) is 0 Å². The van der Waals surface area contributed by atoms with Crippen molar-refractivity contribution in [3.8, 4) is 0 Å². The standard InChI is InChI=1S/C16H24N2O/c1-12-6-5-9-14(10-12)18-16(19)15(11-17)13-7-3-2-4-8-13/h2-4,7-8,12,14-15H,5-6,9-11,17H2,1H3,(H,18,19). The van der Waals surface area contributed by atoms with Crippen LogP contribution in [0.2, 0.25) is 0 Å². The molecule has 3 unspecified atom stereocenters. The number of benzene rings is 1. The van der Waals surface area contributed by atoms with E-state index in [1.54, 1.807) is 0 Å². The number of hydrogen-bond donors (Lipinski definition) is 2. The number of hydrogen-bond acceptors (Lipinski definition) is 2. The number of nitrogens with one attached hydrogen (secondary N) is 1. The molecule has 2 rings (SSSR count). The van der Waals surface area contributed by atoms with Gasteiger partial charge in [-0.1, -0.05) is 50.1 Å². The van der Waals surface area contributed by atoms with Gasteiger partial charge < -0.3 is 11.1 Å². The minimum Gasteiger partial charge on any atom is -0.353 e. The highest BCUT2D eigenvalue weighted by atomic mass is 16.1. The quantitative estimate of drug-likeness (QED) is 0.873. The Labute approximate surface area is 115 Å². The highest BCUT2D eigenvalue weighted by Gasteiger charge is 2.24. The first-order chi connectivity index (χ1) is 9.20. The second-order valence-corrected chi connectivity index (χ2v) is 5.68. The van der Waals surface area contributed by atoms with Gasteiger partial charge in [-0.15, -0.1) is 0 Å². The third kappa shape index (κ3) is 3.80. The van der Waals surface area contributed by atoms with Crippen LogP contribution in [-0.4, -0.2) is 18.5 Å². The lowest BCUT2D eigenvalue weighted by Gasteiger charge is -2.29. The van der Waals surface area contributed by atoms with Gasteiger partial charge in [0.1, 0.15) is 0 Å². The molecule has 1 aromatic rings. The maximum Gasteiger partial charge on any atom is 0.229 e. The summed E-state index contributed by atoms with van der Waals surface area (Å²) >= 11 is 0. The molecule has 0 aliphatic heterocycles. The molecule has 0 heterocycles. The van der Waals surface area contributed by atoms with Crippen molar-refractivity contribution in [3.05, 3.63) is 35.9 Å². The van der Waals surface area contributed by atoms with Crippen molar-refractivity contribution in [2.75, 3.05) is 6.54 Å². The van der Waals surface area contributed by atoms with E-state index in [2.05, 4.69) is 12.2 Å². The SMILES string of the molecule is CC1CCCC(NC(=O)C(CN)c2ccccc2)C1. The van der Waals surface area contributed by atoms with Crippen molar-refractivity contribution in [2.45, 2.75) is 44.6 Å². The molecule has 0 radical (unpaired) electrons. The first kappa shape index (κ1) is 14.1. The number of rotatable bonds is 4. The maximum atomic E-state index is 12.4. The van der Waals surface area contributed by atoms with E-state index in [0.29, 0.717) is 18.5 Å². The van der Waals surface area contributed by atoms with Crippen LogP contribution in [0.15, 0.2) is 30.3 Å². The van der Waals surface area contributed by atoms with Crippen LogP contribution in [-0.2, 0) is 4.79 Å². The Morgan fingerprint density at radius 3 is 2.74 bits per heavy atom. The summed E-state index contributed by atoms with van der Waals surface area (Å²) in [6.07, 6.45) is 4.69. The van der Waals surface area contributed by atoms with Gasteiger partial charge in [-0.05, 0) is 24.3 Å². The van der Waals surface area contributed by atoms with Gasteiger partial charge in [0.15, 0.2) is 0 Å². The Bertz CT molecular complexity index is 404. The molecule has 1 amide bonds. The van der Waals surface area contributed by atoms with Crippen LogP contribution in [0.25, 0.3) is 0 Å². The summed E-state index contributed by atoms with van der Waals surface area (Å²) < 4.78 is 0. The molecule has 19 heavy (non-hydrogen) atoms. The summed E-state index contributed by atoms with van der Waals surface area (Å²) in [5.74, 6) is 0.568. The maximum absolute atomic E-state index is 12.4. The Morgan fingerprint density at radius 1 is 1.37 bits per heavy atom. The van der Waals surface area contributed by atoms with E-state index in [-0.39, 0.29) is 11.8 Å². The molecule has 1 aromatic carbocycles. The van der Waals surface area contributed by atoms with Gasteiger partial charge in [-0.3, -0.25) is 4.79 Å². The van der Waals surface area contributed by atoms with Gasteiger partial charge >= 0.3 is 0 Å². The van der Waals surface area contributed by atoms with Crippen molar-refractivity contribution < 1.29 is 4.79 Å².